The van der Waals surface area contributed by atoms with E-state index in [1.807, 2.05) is 6.92 Å². The Balaban J connectivity index is 1.72. The molecule has 6 nitrogen and oxygen atoms in total. The van der Waals surface area contributed by atoms with Crippen LogP contribution in [0.25, 0.3) is 0 Å². The molecule has 0 spiro atoms. The minimum Gasteiger partial charge on any atom is -0.478 e. The number of nitrogens with one attached hydrogen (secondary N) is 2. The van der Waals surface area contributed by atoms with E-state index in [0.29, 0.717) is 28.4 Å². The van der Waals surface area contributed by atoms with E-state index < -0.39 is 5.97 Å². The Kier molecular flexibility index (Phi) is 4.75. The zero-order chi connectivity index (χ0) is 18.8. The molecule has 1 saturated carbocycles. The largest absolute Gasteiger partial charge is 0.478 e. The van der Waals surface area contributed by atoms with E-state index in [9.17, 15) is 19.5 Å². The van der Waals surface area contributed by atoms with Gasteiger partial charge in [-0.05, 0) is 55.2 Å². The van der Waals surface area contributed by atoms with E-state index >= 15 is 0 Å². The normalized spacial score (nSPS) is 18.1. The number of hydrogen-bond donors (Lipinski definition) is 3. The third-order valence-corrected chi connectivity index (χ3v) is 4.56. The molecule has 3 N–H and O–H groups in total. The molecule has 3 rings (SSSR count). The maximum absolute atomic E-state index is 12.4. The van der Waals surface area contributed by atoms with Gasteiger partial charge in [0, 0.05) is 22.9 Å². The van der Waals surface area contributed by atoms with Crippen LogP contribution in [-0.2, 0) is 4.79 Å². The number of carboxylic acids is 1. The summed E-state index contributed by atoms with van der Waals surface area (Å²) in [5, 5.41) is 14.7. The number of rotatable bonds is 5. The van der Waals surface area contributed by atoms with Crippen LogP contribution in [0.4, 0.5) is 11.4 Å². The molecule has 2 amide bonds. The summed E-state index contributed by atoms with van der Waals surface area (Å²) in [5.41, 5.74) is 2.11. The number of amides is 2. The first-order chi connectivity index (χ1) is 12.3. The van der Waals surface area contributed by atoms with Crippen molar-refractivity contribution < 1.29 is 19.5 Å². The molecule has 1 aliphatic rings. The number of benzene rings is 2. The molecule has 1 fully saturated rings. The zero-order valence-electron chi connectivity index (χ0n) is 14.6. The standard InChI is InChI=1S/C20H20N2O4/c1-11-6-7-15(10-17(11)20(25)26)21-18(23)13-4-3-5-14(9-13)22-19(24)16-8-12(16)2/h3-7,9-10,12,16H,8H2,1-2H3,(H,21,23)(H,22,24)(H,25,26). The molecule has 2 unspecified atom stereocenters. The summed E-state index contributed by atoms with van der Waals surface area (Å²) in [7, 11) is 0. The maximum atomic E-state index is 12.4. The van der Waals surface area contributed by atoms with Crippen molar-refractivity contribution >= 4 is 29.2 Å². The summed E-state index contributed by atoms with van der Waals surface area (Å²) in [5.74, 6) is -0.987. The Hall–Kier alpha value is -3.15. The molecule has 2 aromatic rings. The van der Waals surface area contributed by atoms with Crippen molar-refractivity contribution in [1.29, 1.82) is 0 Å². The molecule has 2 aromatic carbocycles. The van der Waals surface area contributed by atoms with Crippen LogP contribution in [0.3, 0.4) is 0 Å². The van der Waals surface area contributed by atoms with Crippen LogP contribution in [0, 0.1) is 18.8 Å². The number of aryl methyl sites for hydroxylation is 1. The van der Waals surface area contributed by atoms with Crippen LogP contribution in [-0.4, -0.2) is 22.9 Å². The highest BCUT2D eigenvalue weighted by Crippen LogP contribution is 2.38. The highest BCUT2D eigenvalue weighted by Gasteiger charge is 2.39. The van der Waals surface area contributed by atoms with Crippen LogP contribution in [0.1, 0.15) is 39.6 Å². The molecule has 0 aromatic heterocycles. The zero-order valence-corrected chi connectivity index (χ0v) is 14.6. The average Bonchev–Trinajstić information content (AvgIpc) is 3.33. The molecule has 0 bridgehead atoms. The van der Waals surface area contributed by atoms with Crippen LogP contribution in [0.5, 0.6) is 0 Å². The Labute approximate surface area is 151 Å². The summed E-state index contributed by atoms with van der Waals surface area (Å²) in [6.45, 7) is 3.73. The predicted octanol–water partition coefficient (Wildman–Crippen LogP) is 3.54. The fraction of sp³-hybridized carbons (Fsp3) is 0.250. The maximum Gasteiger partial charge on any atom is 0.336 e. The van der Waals surface area contributed by atoms with Crippen LogP contribution < -0.4 is 10.6 Å². The Bertz CT molecular complexity index is 891. The number of anilines is 2. The molecule has 1 aliphatic carbocycles. The second kappa shape index (κ2) is 7.00. The van der Waals surface area contributed by atoms with Gasteiger partial charge in [0.15, 0.2) is 0 Å². The van der Waals surface area contributed by atoms with Crippen LogP contribution in [0.2, 0.25) is 0 Å². The monoisotopic (exact) mass is 352 g/mol. The minimum atomic E-state index is -1.04. The number of carboxylic acid groups (broad SMARTS) is 1. The van der Waals surface area contributed by atoms with Crippen molar-refractivity contribution in [3.63, 3.8) is 0 Å². The van der Waals surface area contributed by atoms with E-state index in [0.717, 1.165) is 6.42 Å². The van der Waals surface area contributed by atoms with E-state index in [1.165, 1.54) is 6.07 Å². The van der Waals surface area contributed by atoms with Gasteiger partial charge in [0.1, 0.15) is 0 Å². The average molecular weight is 352 g/mol. The van der Waals surface area contributed by atoms with Crippen molar-refractivity contribution in [3.05, 3.63) is 59.2 Å². The molecule has 134 valence electrons. The Morgan fingerprint density at radius 3 is 2.38 bits per heavy atom. The number of carbonyl (C=O) groups is 3. The number of aromatic carboxylic acids is 1. The molecular weight excluding hydrogens is 332 g/mol. The second-order valence-corrected chi connectivity index (χ2v) is 6.68. The summed E-state index contributed by atoms with van der Waals surface area (Å²) in [6.07, 6.45) is 0.894. The quantitative estimate of drug-likeness (QED) is 0.767. The van der Waals surface area contributed by atoms with Crippen molar-refractivity contribution in [1.82, 2.24) is 0 Å². The smallest absolute Gasteiger partial charge is 0.336 e. The lowest BCUT2D eigenvalue weighted by Crippen LogP contribution is -2.16. The molecule has 0 heterocycles. The number of carbonyl (C=O) groups excluding carboxylic acids is 2. The highest BCUT2D eigenvalue weighted by atomic mass is 16.4. The summed E-state index contributed by atoms with van der Waals surface area (Å²) >= 11 is 0. The van der Waals surface area contributed by atoms with Gasteiger partial charge in [0.25, 0.3) is 5.91 Å². The summed E-state index contributed by atoms with van der Waals surface area (Å²) < 4.78 is 0. The van der Waals surface area contributed by atoms with Crippen LogP contribution in [0.15, 0.2) is 42.5 Å². The van der Waals surface area contributed by atoms with Gasteiger partial charge in [0.2, 0.25) is 5.91 Å². The lowest BCUT2D eigenvalue weighted by atomic mass is 10.1. The fourth-order valence-electron chi connectivity index (χ4n) is 2.79. The minimum absolute atomic E-state index is 0.0281. The van der Waals surface area contributed by atoms with Gasteiger partial charge in [-0.25, -0.2) is 4.79 Å². The first-order valence-corrected chi connectivity index (χ1v) is 8.41. The van der Waals surface area contributed by atoms with Crippen LogP contribution >= 0.6 is 0 Å². The van der Waals surface area contributed by atoms with Gasteiger partial charge in [-0.2, -0.15) is 0 Å². The van der Waals surface area contributed by atoms with Crippen molar-refractivity contribution in [2.45, 2.75) is 20.3 Å². The van der Waals surface area contributed by atoms with Gasteiger partial charge in [-0.3, -0.25) is 9.59 Å². The van der Waals surface area contributed by atoms with E-state index in [1.54, 1.807) is 43.3 Å². The molecule has 0 radical (unpaired) electrons. The SMILES string of the molecule is Cc1ccc(NC(=O)c2cccc(NC(=O)C3CC3C)c2)cc1C(=O)O. The molecule has 26 heavy (non-hydrogen) atoms. The van der Waals surface area contributed by atoms with E-state index in [4.69, 9.17) is 0 Å². The number of hydrogen-bond acceptors (Lipinski definition) is 3. The molecule has 0 saturated heterocycles. The molecule has 6 heteroatoms. The van der Waals surface area contributed by atoms with Gasteiger partial charge in [-0.1, -0.05) is 19.1 Å². The first-order valence-electron chi connectivity index (χ1n) is 8.41. The Morgan fingerprint density at radius 2 is 1.73 bits per heavy atom. The van der Waals surface area contributed by atoms with Gasteiger partial charge < -0.3 is 15.7 Å². The van der Waals surface area contributed by atoms with E-state index in [-0.39, 0.29) is 23.3 Å². The van der Waals surface area contributed by atoms with Crippen molar-refractivity contribution in [2.75, 3.05) is 10.6 Å². The van der Waals surface area contributed by atoms with Gasteiger partial charge in [-0.15, -0.1) is 0 Å². The third-order valence-electron chi connectivity index (χ3n) is 4.56. The lowest BCUT2D eigenvalue weighted by molar-refractivity contribution is -0.117. The topological polar surface area (TPSA) is 95.5 Å². The summed E-state index contributed by atoms with van der Waals surface area (Å²) in [4.78, 5) is 35.7. The molecule has 0 aliphatic heterocycles. The van der Waals surface area contributed by atoms with E-state index in [2.05, 4.69) is 10.6 Å². The van der Waals surface area contributed by atoms with Crippen molar-refractivity contribution in [3.8, 4) is 0 Å². The fourth-order valence-corrected chi connectivity index (χ4v) is 2.79. The van der Waals surface area contributed by atoms with Gasteiger partial charge >= 0.3 is 5.97 Å². The molecule has 2 atom stereocenters. The summed E-state index contributed by atoms with van der Waals surface area (Å²) in [6, 6.07) is 11.4. The first kappa shape index (κ1) is 17.7. The highest BCUT2D eigenvalue weighted by molar-refractivity contribution is 6.06. The Morgan fingerprint density at radius 1 is 1.04 bits per heavy atom. The second-order valence-electron chi connectivity index (χ2n) is 6.68. The lowest BCUT2D eigenvalue weighted by Gasteiger charge is -2.10. The predicted molar refractivity (Wildman–Crippen MR) is 98.4 cm³/mol. The third kappa shape index (κ3) is 3.91. The molecular formula is C20H20N2O4. The van der Waals surface area contributed by atoms with Crippen molar-refractivity contribution in [2.24, 2.45) is 11.8 Å². The van der Waals surface area contributed by atoms with Gasteiger partial charge in [0.05, 0.1) is 5.56 Å².